The highest BCUT2D eigenvalue weighted by Crippen LogP contribution is 2.17. The first-order valence-electron chi connectivity index (χ1n) is 5.08. The third-order valence-corrected chi connectivity index (χ3v) is 2.32. The summed E-state index contributed by atoms with van der Waals surface area (Å²) in [4.78, 5) is 11.7. The lowest BCUT2D eigenvalue weighted by atomic mass is 10.1. The number of carbonyl (C=O) groups excluding carboxylic acids is 1. The van der Waals surface area contributed by atoms with Crippen molar-refractivity contribution in [3.8, 4) is 5.75 Å². The van der Waals surface area contributed by atoms with Gasteiger partial charge in [0.1, 0.15) is 11.6 Å². The molecule has 1 rings (SSSR count). The van der Waals surface area contributed by atoms with E-state index >= 15 is 0 Å². The van der Waals surface area contributed by atoms with Crippen molar-refractivity contribution in [2.75, 3.05) is 6.54 Å². The lowest BCUT2D eigenvalue weighted by Crippen LogP contribution is -2.39. The third kappa shape index (κ3) is 2.93. The number of aromatic hydroxyl groups is 1. The van der Waals surface area contributed by atoms with Crippen LogP contribution in [-0.4, -0.2) is 23.6 Å². The van der Waals surface area contributed by atoms with Crippen molar-refractivity contribution in [1.29, 1.82) is 0 Å². The van der Waals surface area contributed by atoms with Crippen molar-refractivity contribution in [3.05, 3.63) is 29.6 Å². The Labute approximate surface area is 93.3 Å². The fraction of sp³-hybridized carbons (Fsp3) is 0.364. The summed E-state index contributed by atoms with van der Waals surface area (Å²) in [7, 11) is 0. The number of amides is 1. The molecule has 16 heavy (non-hydrogen) atoms. The molecule has 0 bridgehead atoms. The van der Waals surface area contributed by atoms with E-state index < -0.39 is 11.7 Å². The van der Waals surface area contributed by atoms with Crippen molar-refractivity contribution in [1.82, 2.24) is 5.32 Å². The summed E-state index contributed by atoms with van der Waals surface area (Å²) in [5, 5.41) is 12.0. The molecule has 1 atom stereocenters. The van der Waals surface area contributed by atoms with E-state index in [9.17, 15) is 14.3 Å². The molecule has 88 valence electrons. The zero-order valence-electron chi connectivity index (χ0n) is 9.03. The highest BCUT2D eigenvalue weighted by Gasteiger charge is 2.15. The van der Waals surface area contributed by atoms with E-state index in [-0.39, 0.29) is 17.4 Å². The molecule has 0 aliphatic rings. The standard InChI is InChI=1S/C11H15FN2O2/c1-2-8(6-13)14-11(16)9-5-7(12)3-4-10(9)15/h3-5,8,15H,2,6,13H2,1H3,(H,14,16). The van der Waals surface area contributed by atoms with Gasteiger partial charge in [-0.25, -0.2) is 4.39 Å². The van der Waals surface area contributed by atoms with Gasteiger partial charge in [-0.3, -0.25) is 4.79 Å². The minimum atomic E-state index is -0.566. The summed E-state index contributed by atoms with van der Waals surface area (Å²) in [5.41, 5.74) is 5.35. The Morgan fingerprint density at radius 1 is 1.62 bits per heavy atom. The van der Waals surface area contributed by atoms with Crippen LogP contribution in [0.1, 0.15) is 23.7 Å². The normalized spacial score (nSPS) is 12.2. The van der Waals surface area contributed by atoms with E-state index in [0.717, 1.165) is 18.2 Å². The van der Waals surface area contributed by atoms with Crippen LogP contribution in [0.4, 0.5) is 4.39 Å². The van der Waals surface area contributed by atoms with Gasteiger partial charge in [-0.1, -0.05) is 6.92 Å². The van der Waals surface area contributed by atoms with Gasteiger partial charge >= 0.3 is 0 Å². The largest absolute Gasteiger partial charge is 0.507 e. The molecular formula is C11H15FN2O2. The summed E-state index contributed by atoms with van der Waals surface area (Å²) in [6, 6.07) is 3.06. The van der Waals surface area contributed by atoms with Gasteiger partial charge in [-0.2, -0.15) is 0 Å². The van der Waals surface area contributed by atoms with Crippen LogP contribution in [0.25, 0.3) is 0 Å². The quantitative estimate of drug-likeness (QED) is 0.717. The van der Waals surface area contributed by atoms with Gasteiger partial charge in [-0.05, 0) is 24.6 Å². The van der Waals surface area contributed by atoms with Crippen molar-refractivity contribution >= 4 is 5.91 Å². The first kappa shape index (κ1) is 12.4. The highest BCUT2D eigenvalue weighted by atomic mass is 19.1. The number of phenols is 1. The molecule has 0 aliphatic heterocycles. The molecule has 4 nitrogen and oxygen atoms in total. The average molecular weight is 226 g/mol. The molecule has 0 fully saturated rings. The molecule has 1 aromatic carbocycles. The molecular weight excluding hydrogens is 211 g/mol. The van der Waals surface area contributed by atoms with Crippen LogP contribution in [0.2, 0.25) is 0 Å². The maximum Gasteiger partial charge on any atom is 0.255 e. The molecule has 0 heterocycles. The molecule has 0 saturated heterocycles. The van der Waals surface area contributed by atoms with Crippen LogP contribution in [0, 0.1) is 5.82 Å². The van der Waals surface area contributed by atoms with Gasteiger partial charge in [-0.15, -0.1) is 0 Å². The number of rotatable bonds is 4. The van der Waals surface area contributed by atoms with Crippen LogP contribution >= 0.6 is 0 Å². The molecule has 0 aliphatic carbocycles. The third-order valence-electron chi connectivity index (χ3n) is 2.32. The van der Waals surface area contributed by atoms with Crippen LogP contribution in [0.15, 0.2) is 18.2 Å². The van der Waals surface area contributed by atoms with Gasteiger partial charge in [0, 0.05) is 12.6 Å². The van der Waals surface area contributed by atoms with Crippen LogP contribution in [0.3, 0.4) is 0 Å². The molecule has 0 spiro atoms. The lowest BCUT2D eigenvalue weighted by Gasteiger charge is -2.14. The van der Waals surface area contributed by atoms with E-state index in [1.807, 2.05) is 6.92 Å². The van der Waals surface area contributed by atoms with Gasteiger partial charge < -0.3 is 16.2 Å². The first-order valence-corrected chi connectivity index (χ1v) is 5.08. The van der Waals surface area contributed by atoms with E-state index in [2.05, 4.69) is 5.32 Å². The minimum absolute atomic E-state index is 0.0769. The summed E-state index contributed by atoms with van der Waals surface area (Å²) in [6.07, 6.45) is 0.679. The van der Waals surface area contributed by atoms with Crippen molar-refractivity contribution in [2.24, 2.45) is 5.73 Å². The second-order valence-electron chi connectivity index (χ2n) is 3.48. The van der Waals surface area contributed by atoms with E-state index in [1.54, 1.807) is 0 Å². The maximum atomic E-state index is 12.9. The number of nitrogens with one attached hydrogen (secondary N) is 1. The molecule has 1 unspecified atom stereocenters. The van der Waals surface area contributed by atoms with E-state index in [1.165, 1.54) is 0 Å². The monoisotopic (exact) mass is 226 g/mol. The molecule has 1 aromatic rings. The van der Waals surface area contributed by atoms with Crippen LogP contribution in [-0.2, 0) is 0 Å². The highest BCUT2D eigenvalue weighted by molar-refractivity contribution is 5.96. The lowest BCUT2D eigenvalue weighted by molar-refractivity contribution is 0.0934. The Morgan fingerprint density at radius 3 is 2.88 bits per heavy atom. The van der Waals surface area contributed by atoms with Gasteiger partial charge in [0.2, 0.25) is 0 Å². The number of nitrogens with two attached hydrogens (primary N) is 1. The summed E-state index contributed by atoms with van der Waals surface area (Å²) < 4.78 is 12.9. The number of benzene rings is 1. The topological polar surface area (TPSA) is 75.3 Å². The van der Waals surface area contributed by atoms with Crippen molar-refractivity contribution in [2.45, 2.75) is 19.4 Å². The first-order chi connectivity index (χ1) is 7.58. The zero-order valence-corrected chi connectivity index (χ0v) is 9.03. The predicted octanol–water partition coefficient (Wildman–Crippen LogP) is 0.998. The smallest absolute Gasteiger partial charge is 0.255 e. The summed E-state index contributed by atoms with van der Waals surface area (Å²) >= 11 is 0. The maximum absolute atomic E-state index is 12.9. The van der Waals surface area contributed by atoms with Crippen LogP contribution < -0.4 is 11.1 Å². The molecule has 4 N–H and O–H groups in total. The SMILES string of the molecule is CCC(CN)NC(=O)c1cc(F)ccc1O. The second-order valence-corrected chi connectivity index (χ2v) is 3.48. The Morgan fingerprint density at radius 2 is 2.31 bits per heavy atom. The van der Waals surface area contributed by atoms with E-state index in [0.29, 0.717) is 13.0 Å². The van der Waals surface area contributed by atoms with Gasteiger partial charge in [0.25, 0.3) is 5.91 Å². The van der Waals surface area contributed by atoms with E-state index in [4.69, 9.17) is 5.73 Å². The summed E-state index contributed by atoms with van der Waals surface area (Å²) in [5.74, 6) is -1.33. The Kier molecular flexibility index (Phi) is 4.25. The van der Waals surface area contributed by atoms with Crippen molar-refractivity contribution < 1.29 is 14.3 Å². The molecule has 5 heteroatoms. The van der Waals surface area contributed by atoms with Crippen LogP contribution in [0.5, 0.6) is 5.75 Å². The molecule has 0 saturated carbocycles. The summed E-state index contributed by atoms with van der Waals surface area (Å²) in [6.45, 7) is 2.18. The second kappa shape index (κ2) is 5.46. The Balaban J connectivity index is 2.83. The Bertz CT molecular complexity index is 378. The fourth-order valence-corrected chi connectivity index (χ4v) is 1.28. The number of phenolic OH excluding ortho intramolecular Hbond substituents is 1. The predicted molar refractivity (Wildman–Crippen MR) is 58.7 cm³/mol. The molecule has 0 aromatic heterocycles. The fourth-order valence-electron chi connectivity index (χ4n) is 1.28. The average Bonchev–Trinajstić information content (AvgIpc) is 2.28. The zero-order chi connectivity index (χ0) is 12.1. The minimum Gasteiger partial charge on any atom is -0.507 e. The number of carbonyl (C=O) groups is 1. The van der Waals surface area contributed by atoms with Gasteiger partial charge in [0.05, 0.1) is 5.56 Å². The Hall–Kier alpha value is -1.62. The van der Waals surface area contributed by atoms with Crippen molar-refractivity contribution in [3.63, 3.8) is 0 Å². The molecule has 1 amide bonds. The number of hydrogen-bond acceptors (Lipinski definition) is 3. The number of halogens is 1. The number of hydrogen-bond donors (Lipinski definition) is 3. The molecule has 0 radical (unpaired) electrons. The van der Waals surface area contributed by atoms with Gasteiger partial charge in [0.15, 0.2) is 0 Å².